The fraction of sp³-hybridized carbons (Fsp3) is 0.364. The molecule has 1 aromatic rings. The summed E-state index contributed by atoms with van der Waals surface area (Å²) >= 11 is 0. The van der Waals surface area contributed by atoms with Crippen molar-refractivity contribution in [3.05, 3.63) is 24.3 Å². The molecule has 1 rings (SSSR count). The molecule has 0 saturated heterocycles. The third kappa shape index (κ3) is 4.62. The molecule has 0 heterocycles. The summed E-state index contributed by atoms with van der Waals surface area (Å²) in [6, 6.07) is 6.61. The Kier molecular flexibility index (Phi) is 4.96. The first kappa shape index (κ1) is 14.3. The predicted molar refractivity (Wildman–Crippen MR) is 68.8 cm³/mol. The molecule has 7 heteroatoms. The number of carbonyl (C=O) groups excluding carboxylic acids is 1. The zero-order chi connectivity index (χ0) is 13.6. The summed E-state index contributed by atoms with van der Waals surface area (Å²) in [5, 5.41) is 0. The number of hydrogen-bond donors (Lipinski definition) is 2. The summed E-state index contributed by atoms with van der Waals surface area (Å²) in [5.41, 5.74) is 5.34. The highest BCUT2D eigenvalue weighted by molar-refractivity contribution is 7.92. The third-order valence-corrected chi connectivity index (χ3v) is 3.43. The van der Waals surface area contributed by atoms with Crippen molar-refractivity contribution in [2.24, 2.45) is 5.73 Å². The number of nitrogens with two attached hydrogens (primary N) is 1. The molecule has 0 fully saturated rings. The molecule has 0 aromatic heterocycles. The van der Waals surface area contributed by atoms with Gasteiger partial charge in [0, 0.05) is 0 Å². The standard InChI is InChI=1S/C11H16N2O4S/c1-2-18(15,16)13-9-5-3-4-6-10(9)17-8-7-11(12)14/h3-6,13H,2,7-8H2,1H3,(H2,12,14). The molecule has 100 valence electrons. The highest BCUT2D eigenvalue weighted by Gasteiger charge is 2.10. The summed E-state index contributed by atoms with van der Waals surface area (Å²) < 4.78 is 30.6. The molecule has 0 aliphatic heterocycles. The smallest absolute Gasteiger partial charge is 0.232 e. The molecule has 0 aliphatic carbocycles. The van der Waals surface area contributed by atoms with Crippen LogP contribution in [0.2, 0.25) is 0 Å². The highest BCUT2D eigenvalue weighted by Crippen LogP contribution is 2.24. The summed E-state index contributed by atoms with van der Waals surface area (Å²) in [6.45, 7) is 1.65. The van der Waals surface area contributed by atoms with Crippen molar-refractivity contribution in [3.8, 4) is 5.75 Å². The van der Waals surface area contributed by atoms with Gasteiger partial charge in [-0.2, -0.15) is 0 Å². The maximum absolute atomic E-state index is 11.5. The van der Waals surface area contributed by atoms with E-state index in [1.165, 1.54) is 0 Å². The van der Waals surface area contributed by atoms with Crippen LogP contribution < -0.4 is 15.2 Å². The average molecular weight is 272 g/mol. The van der Waals surface area contributed by atoms with Crippen molar-refractivity contribution in [2.75, 3.05) is 17.1 Å². The number of sulfonamides is 1. The minimum Gasteiger partial charge on any atom is -0.491 e. The lowest BCUT2D eigenvalue weighted by atomic mass is 10.3. The van der Waals surface area contributed by atoms with Crippen LogP contribution in [0, 0.1) is 0 Å². The van der Waals surface area contributed by atoms with E-state index >= 15 is 0 Å². The number of carbonyl (C=O) groups is 1. The lowest BCUT2D eigenvalue weighted by molar-refractivity contribution is -0.118. The Morgan fingerprint density at radius 2 is 2.06 bits per heavy atom. The van der Waals surface area contributed by atoms with Crippen LogP contribution in [-0.2, 0) is 14.8 Å². The zero-order valence-corrected chi connectivity index (χ0v) is 10.9. The van der Waals surface area contributed by atoms with Gasteiger partial charge >= 0.3 is 0 Å². The van der Waals surface area contributed by atoms with Gasteiger partial charge < -0.3 is 10.5 Å². The third-order valence-electron chi connectivity index (χ3n) is 2.14. The molecule has 0 spiro atoms. The van der Waals surface area contributed by atoms with E-state index in [0.717, 1.165) is 0 Å². The molecule has 0 aliphatic rings. The van der Waals surface area contributed by atoms with Gasteiger partial charge in [-0.3, -0.25) is 9.52 Å². The Hall–Kier alpha value is -1.76. The van der Waals surface area contributed by atoms with Crippen LogP contribution in [0.5, 0.6) is 5.75 Å². The SMILES string of the molecule is CCS(=O)(=O)Nc1ccccc1OCCC(N)=O. The number of amides is 1. The lowest BCUT2D eigenvalue weighted by Gasteiger charge is -2.12. The Bertz CT molecular complexity index is 514. The minimum absolute atomic E-state index is 0.0252. The fourth-order valence-electron chi connectivity index (χ4n) is 1.18. The second-order valence-electron chi connectivity index (χ2n) is 3.57. The normalized spacial score (nSPS) is 10.9. The lowest BCUT2D eigenvalue weighted by Crippen LogP contribution is -2.17. The molecule has 0 atom stereocenters. The number of benzene rings is 1. The van der Waals surface area contributed by atoms with Crippen molar-refractivity contribution >= 4 is 21.6 Å². The van der Waals surface area contributed by atoms with Crippen LogP contribution >= 0.6 is 0 Å². The van der Waals surface area contributed by atoms with Gasteiger partial charge in [0.2, 0.25) is 15.9 Å². The Morgan fingerprint density at radius 3 is 2.67 bits per heavy atom. The largest absolute Gasteiger partial charge is 0.491 e. The van der Waals surface area contributed by atoms with Crippen molar-refractivity contribution in [2.45, 2.75) is 13.3 Å². The molecule has 1 aromatic carbocycles. The van der Waals surface area contributed by atoms with Crippen LogP contribution in [0.3, 0.4) is 0 Å². The van der Waals surface area contributed by atoms with Crippen molar-refractivity contribution < 1.29 is 17.9 Å². The van der Waals surface area contributed by atoms with E-state index < -0.39 is 15.9 Å². The molecular weight excluding hydrogens is 256 g/mol. The van der Waals surface area contributed by atoms with Gasteiger partial charge in [-0.25, -0.2) is 8.42 Å². The van der Waals surface area contributed by atoms with Gasteiger partial charge in [0.05, 0.1) is 24.5 Å². The van der Waals surface area contributed by atoms with E-state index in [1.807, 2.05) is 0 Å². The van der Waals surface area contributed by atoms with E-state index in [1.54, 1.807) is 31.2 Å². The Labute approximate surface area is 106 Å². The van der Waals surface area contributed by atoms with E-state index in [9.17, 15) is 13.2 Å². The van der Waals surface area contributed by atoms with Crippen molar-refractivity contribution in [1.82, 2.24) is 0 Å². The maximum atomic E-state index is 11.5. The van der Waals surface area contributed by atoms with Gasteiger partial charge in [-0.1, -0.05) is 12.1 Å². The van der Waals surface area contributed by atoms with E-state index in [4.69, 9.17) is 10.5 Å². The summed E-state index contributed by atoms with van der Waals surface area (Å²) in [7, 11) is -3.36. The highest BCUT2D eigenvalue weighted by atomic mass is 32.2. The molecule has 0 saturated carbocycles. The van der Waals surface area contributed by atoms with Crippen LogP contribution in [-0.4, -0.2) is 26.7 Å². The number of primary amides is 1. The monoisotopic (exact) mass is 272 g/mol. The Balaban J connectivity index is 2.76. The van der Waals surface area contributed by atoms with Gasteiger partial charge in [0.1, 0.15) is 5.75 Å². The number of anilines is 1. The number of para-hydroxylation sites is 2. The summed E-state index contributed by atoms with van der Waals surface area (Å²) in [4.78, 5) is 10.6. The minimum atomic E-state index is -3.36. The summed E-state index contributed by atoms with van der Waals surface area (Å²) in [6.07, 6.45) is 0.0782. The van der Waals surface area contributed by atoms with Gasteiger partial charge in [-0.05, 0) is 19.1 Å². The Morgan fingerprint density at radius 1 is 1.39 bits per heavy atom. The maximum Gasteiger partial charge on any atom is 0.232 e. The van der Waals surface area contributed by atoms with E-state index in [0.29, 0.717) is 11.4 Å². The number of hydrogen-bond acceptors (Lipinski definition) is 4. The van der Waals surface area contributed by atoms with Crippen molar-refractivity contribution in [1.29, 1.82) is 0 Å². The average Bonchev–Trinajstić information content (AvgIpc) is 2.30. The molecule has 1 amide bonds. The summed E-state index contributed by atoms with van der Waals surface area (Å²) in [5.74, 6) is -0.125. The van der Waals surface area contributed by atoms with Gasteiger partial charge in [-0.15, -0.1) is 0 Å². The van der Waals surface area contributed by atoms with E-state index in [-0.39, 0.29) is 18.8 Å². The molecule has 0 radical (unpaired) electrons. The predicted octanol–water partition coefficient (Wildman–Crippen LogP) is 0.702. The van der Waals surface area contributed by atoms with E-state index in [2.05, 4.69) is 4.72 Å². The molecule has 0 unspecified atom stereocenters. The first-order valence-electron chi connectivity index (χ1n) is 5.45. The quantitative estimate of drug-likeness (QED) is 0.763. The molecule has 0 bridgehead atoms. The van der Waals surface area contributed by atoms with Crippen LogP contribution in [0.4, 0.5) is 5.69 Å². The zero-order valence-electron chi connectivity index (χ0n) is 10.0. The second-order valence-corrected chi connectivity index (χ2v) is 5.58. The number of ether oxygens (including phenoxy) is 1. The van der Waals surface area contributed by atoms with Crippen LogP contribution in [0.25, 0.3) is 0 Å². The van der Waals surface area contributed by atoms with Crippen molar-refractivity contribution in [3.63, 3.8) is 0 Å². The van der Waals surface area contributed by atoms with Gasteiger partial charge in [0.15, 0.2) is 0 Å². The first-order valence-corrected chi connectivity index (χ1v) is 7.10. The van der Waals surface area contributed by atoms with Crippen LogP contribution in [0.15, 0.2) is 24.3 Å². The molecule has 6 nitrogen and oxygen atoms in total. The second kappa shape index (κ2) is 6.25. The molecular formula is C11H16N2O4S. The molecule has 18 heavy (non-hydrogen) atoms. The topological polar surface area (TPSA) is 98.5 Å². The first-order chi connectivity index (χ1) is 8.44. The van der Waals surface area contributed by atoms with Gasteiger partial charge in [0.25, 0.3) is 0 Å². The van der Waals surface area contributed by atoms with Crippen LogP contribution in [0.1, 0.15) is 13.3 Å². The molecule has 3 N–H and O–H groups in total. The number of rotatable bonds is 7. The number of nitrogens with one attached hydrogen (secondary N) is 1. The fourth-order valence-corrected chi connectivity index (χ4v) is 1.83.